The van der Waals surface area contributed by atoms with E-state index >= 15 is 0 Å². The molecule has 6 bridgehead atoms. The number of hydrogen-bond acceptors (Lipinski definition) is 4. The summed E-state index contributed by atoms with van der Waals surface area (Å²) in [6.45, 7) is 3.11. The average molecular weight is 358 g/mol. The molecular weight excluding hydrogens is 328 g/mol. The zero-order valence-electron chi connectivity index (χ0n) is 15.5. The van der Waals surface area contributed by atoms with Crippen molar-refractivity contribution in [2.24, 2.45) is 41.4 Å². The topological polar surface area (TPSA) is 52.6 Å². The van der Waals surface area contributed by atoms with Gasteiger partial charge in [0.15, 0.2) is 6.61 Å². The predicted octanol–water partition coefficient (Wildman–Crippen LogP) is 3.89. The van der Waals surface area contributed by atoms with Crippen molar-refractivity contribution in [1.29, 1.82) is 0 Å². The Balaban J connectivity index is 1.41. The number of ether oxygens (including phenoxy) is 2. The number of fused-ring (bicyclic) bond motifs is 2. The molecule has 0 N–H and O–H groups in total. The lowest BCUT2D eigenvalue weighted by molar-refractivity contribution is -0.237. The number of esters is 2. The minimum absolute atomic E-state index is 0.273. The first-order chi connectivity index (χ1) is 12.6. The molecule has 3 unspecified atom stereocenters. The molecule has 0 saturated heterocycles. The van der Waals surface area contributed by atoms with Gasteiger partial charge in [-0.25, -0.2) is 9.59 Å². The van der Waals surface area contributed by atoms with Crippen molar-refractivity contribution in [3.8, 4) is 0 Å². The quantitative estimate of drug-likeness (QED) is 0.553. The summed E-state index contributed by atoms with van der Waals surface area (Å²) in [5.74, 6) is 3.97. The summed E-state index contributed by atoms with van der Waals surface area (Å²) in [4.78, 5) is 24.0. The van der Waals surface area contributed by atoms with E-state index in [0.29, 0.717) is 17.8 Å². The van der Waals surface area contributed by atoms with Crippen molar-refractivity contribution in [2.75, 3.05) is 6.61 Å². The fourth-order valence-electron chi connectivity index (χ4n) is 7.98. The van der Waals surface area contributed by atoms with Crippen LogP contribution in [0.15, 0.2) is 12.7 Å². The fourth-order valence-corrected chi connectivity index (χ4v) is 7.98. The number of rotatable bonds is 5. The van der Waals surface area contributed by atoms with E-state index in [9.17, 15) is 9.59 Å². The van der Waals surface area contributed by atoms with Crippen LogP contribution >= 0.6 is 0 Å². The molecule has 142 valence electrons. The van der Waals surface area contributed by atoms with Crippen molar-refractivity contribution < 1.29 is 19.1 Å². The van der Waals surface area contributed by atoms with Gasteiger partial charge in [0.25, 0.3) is 0 Å². The Labute approximate surface area is 155 Å². The Morgan fingerprint density at radius 2 is 1.62 bits per heavy atom. The van der Waals surface area contributed by atoms with E-state index in [4.69, 9.17) is 9.47 Å². The second-order valence-corrected chi connectivity index (χ2v) is 9.73. The van der Waals surface area contributed by atoms with E-state index in [1.54, 1.807) is 0 Å². The van der Waals surface area contributed by atoms with E-state index < -0.39 is 5.97 Å². The van der Waals surface area contributed by atoms with Gasteiger partial charge in [0.2, 0.25) is 0 Å². The van der Waals surface area contributed by atoms with Crippen molar-refractivity contribution in [2.45, 2.75) is 63.4 Å². The second-order valence-electron chi connectivity index (χ2n) is 9.73. The molecule has 3 atom stereocenters. The van der Waals surface area contributed by atoms with Crippen LogP contribution in [0.5, 0.6) is 0 Å². The Morgan fingerprint density at radius 3 is 2.15 bits per heavy atom. The van der Waals surface area contributed by atoms with Gasteiger partial charge in [-0.15, -0.1) is 0 Å². The summed E-state index contributed by atoms with van der Waals surface area (Å²) in [5.41, 5.74) is -0.273. The summed E-state index contributed by atoms with van der Waals surface area (Å²) < 4.78 is 11.4. The van der Waals surface area contributed by atoms with Gasteiger partial charge in [0.05, 0.1) is 0 Å². The summed E-state index contributed by atoms with van der Waals surface area (Å²) in [6, 6.07) is 0. The van der Waals surface area contributed by atoms with Gasteiger partial charge in [0.1, 0.15) is 5.60 Å². The predicted molar refractivity (Wildman–Crippen MR) is 96.0 cm³/mol. The average Bonchev–Trinajstić information content (AvgIpc) is 3.26. The van der Waals surface area contributed by atoms with Crippen LogP contribution in [0.2, 0.25) is 0 Å². The number of carbonyl (C=O) groups is 2. The van der Waals surface area contributed by atoms with Crippen LogP contribution in [0.25, 0.3) is 0 Å². The van der Waals surface area contributed by atoms with Crippen LogP contribution in [0, 0.1) is 41.4 Å². The van der Waals surface area contributed by atoms with E-state index in [0.717, 1.165) is 29.7 Å². The van der Waals surface area contributed by atoms with Gasteiger partial charge in [0, 0.05) is 12.0 Å². The molecule has 0 radical (unpaired) electrons. The van der Waals surface area contributed by atoms with E-state index in [2.05, 4.69) is 6.58 Å². The standard InChI is InChI=1S/C22H30O4/c1-2-20(23)25-12-21(24)26-22(19-11-13-3-4-16(19)6-13)17-7-14-5-15(9-17)10-18(22)8-14/h2,13-19H,1,3-12H2. The Bertz CT molecular complexity index is 596. The lowest BCUT2D eigenvalue weighted by Crippen LogP contribution is -2.64. The molecule has 0 heterocycles. The third-order valence-electron chi connectivity index (χ3n) is 8.52. The highest BCUT2D eigenvalue weighted by atomic mass is 16.6. The van der Waals surface area contributed by atoms with Crippen molar-refractivity contribution in [1.82, 2.24) is 0 Å². The molecule has 0 aromatic carbocycles. The Morgan fingerprint density at radius 1 is 0.923 bits per heavy atom. The zero-order valence-corrected chi connectivity index (χ0v) is 15.5. The molecule has 6 rings (SSSR count). The molecule has 6 aliphatic rings. The summed E-state index contributed by atoms with van der Waals surface area (Å²) in [6.07, 6.45) is 12.7. The molecule has 0 spiro atoms. The molecule has 0 aromatic heterocycles. The fraction of sp³-hybridized carbons (Fsp3) is 0.818. The van der Waals surface area contributed by atoms with Crippen molar-refractivity contribution in [3.05, 3.63) is 12.7 Å². The molecular formula is C22H30O4. The number of carbonyl (C=O) groups excluding carboxylic acids is 2. The molecule has 26 heavy (non-hydrogen) atoms. The van der Waals surface area contributed by atoms with Gasteiger partial charge in [-0.1, -0.05) is 13.0 Å². The van der Waals surface area contributed by atoms with Gasteiger partial charge < -0.3 is 9.47 Å². The van der Waals surface area contributed by atoms with Crippen LogP contribution in [0.1, 0.15) is 57.8 Å². The summed E-state index contributed by atoms with van der Waals surface area (Å²) >= 11 is 0. The smallest absolute Gasteiger partial charge is 0.344 e. The van der Waals surface area contributed by atoms with Gasteiger partial charge >= 0.3 is 11.9 Å². The van der Waals surface area contributed by atoms with Gasteiger partial charge in [-0.2, -0.15) is 0 Å². The highest BCUT2D eigenvalue weighted by molar-refractivity contribution is 5.83. The lowest BCUT2D eigenvalue weighted by atomic mass is 9.46. The summed E-state index contributed by atoms with van der Waals surface area (Å²) in [7, 11) is 0. The van der Waals surface area contributed by atoms with Gasteiger partial charge in [-0.3, -0.25) is 0 Å². The molecule has 0 aromatic rings. The van der Waals surface area contributed by atoms with E-state index in [-0.39, 0.29) is 18.2 Å². The van der Waals surface area contributed by atoms with Crippen molar-refractivity contribution in [3.63, 3.8) is 0 Å². The minimum Gasteiger partial charge on any atom is -0.456 e. The van der Waals surface area contributed by atoms with Crippen molar-refractivity contribution >= 4 is 11.9 Å². The molecule has 6 fully saturated rings. The molecule has 4 heteroatoms. The minimum atomic E-state index is -0.555. The first-order valence-electron chi connectivity index (χ1n) is 10.6. The van der Waals surface area contributed by atoms with Gasteiger partial charge in [-0.05, 0) is 86.9 Å². The van der Waals surface area contributed by atoms with Crippen LogP contribution in [-0.4, -0.2) is 24.1 Å². The van der Waals surface area contributed by atoms with E-state index in [1.807, 2.05) is 0 Å². The third kappa shape index (κ3) is 2.47. The zero-order chi connectivity index (χ0) is 17.9. The Kier molecular flexibility index (Phi) is 3.95. The lowest BCUT2D eigenvalue weighted by Gasteiger charge is -2.63. The summed E-state index contributed by atoms with van der Waals surface area (Å²) in [5, 5.41) is 0. The Hall–Kier alpha value is -1.32. The maximum absolute atomic E-state index is 12.7. The normalized spacial score (nSPS) is 47.8. The first kappa shape index (κ1) is 16.8. The highest BCUT2D eigenvalue weighted by Gasteiger charge is 2.65. The van der Waals surface area contributed by atoms with Crippen LogP contribution in [-0.2, 0) is 19.1 Å². The molecule has 6 saturated carbocycles. The SMILES string of the molecule is C=CC(=O)OCC(=O)OC1(C2CC3CCC2C3)C2CC3CC(C2)CC1C3. The van der Waals surface area contributed by atoms with Crippen LogP contribution < -0.4 is 0 Å². The van der Waals surface area contributed by atoms with E-state index in [1.165, 1.54) is 57.8 Å². The largest absolute Gasteiger partial charge is 0.456 e. The number of hydrogen-bond donors (Lipinski definition) is 0. The van der Waals surface area contributed by atoms with Crippen LogP contribution in [0.4, 0.5) is 0 Å². The monoisotopic (exact) mass is 358 g/mol. The van der Waals surface area contributed by atoms with Crippen LogP contribution in [0.3, 0.4) is 0 Å². The molecule has 4 nitrogen and oxygen atoms in total. The highest BCUT2D eigenvalue weighted by Crippen LogP contribution is 2.66. The maximum atomic E-state index is 12.7. The first-order valence-corrected chi connectivity index (χ1v) is 10.6. The molecule has 0 aliphatic heterocycles. The molecule has 6 aliphatic carbocycles. The maximum Gasteiger partial charge on any atom is 0.344 e. The second kappa shape index (κ2) is 6.10. The molecule has 0 amide bonds. The third-order valence-corrected chi connectivity index (χ3v) is 8.52.